The third-order valence-electron chi connectivity index (χ3n) is 4.04. The third-order valence-corrected chi connectivity index (χ3v) is 5.69. The van der Waals surface area contributed by atoms with Crippen molar-refractivity contribution < 1.29 is 12.8 Å². The molecule has 2 aromatic heterocycles. The molecule has 3 aromatic rings. The van der Waals surface area contributed by atoms with Crippen molar-refractivity contribution in [3.05, 3.63) is 71.4 Å². The predicted molar refractivity (Wildman–Crippen MR) is 106 cm³/mol. The van der Waals surface area contributed by atoms with Gasteiger partial charge in [-0.05, 0) is 37.4 Å². The van der Waals surface area contributed by atoms with Gasteiger partial charge in [0, 0.05) is 30.1 Å². The summed E-state index contributed by atoms with van der Waals surface area (Å²) in [7, 11) is -2.63. The summed E-state index contributed by atoms with van der Waals surface area (Å²) in [6.07, 6.45) is 2.54. The molecule has 0 amide bonds. The van der Waals surface area contributed by atoms with Gasteiger partial charge in [-0.1, -0.05) is 6.07 Å². The molecular formula is C19H15ClFN5O2S. The summed E-state index contributed by atoms with van der Waals surface area (Å²) in [4.78, 5) is 3.73. The van der Waals surface area contributed by atoms with Gasteiger partial charge in [-0.25, -0.2) is 21.8 Å². The Morgan fingerprint density at radius 3 is 2.62 bits per heavy atom. The number of pyridine rings is 1. The first-order valence-corrected chi connectivity index (χ1v) is 9.53. The average Bonchev–Trinajstić information content (AvgIpc) is 3.05. The molecule has 2 heterocycles. The van der Waals surface area contributed by atoms with E-state index in [9.17, 15) is 13.7 Å². The predicted octanol–water partition coefficient (Wildman–Crippen LogP) is 2.81. The highest BCUT2D eigenvalue weighted by atomic mass is 35.5. The second kappa shape index (κ2) is 8.84. The first kappa shape index (κ1) is 22.1. The van der Waals surface area contributed by atoms with Crippen LogP contribution in [-0.4, -0.2) is 24.4 Å². The molecule has 3 rings (SSSR count). The van der Waals surface area contributed by atoms with Crippen LogP contribution < -0.4 is 5.32 Å². The summed E-state index contributed by atoms with van der Waals surface area (Å²) < 4.78 is 42.4. The van der Waals surface area contributed by atoms with Crippen LogP contribution in [-0.2, 0) is 16.6 Å². The molecule has 0 aliphatic rings. The van der Waals surface area contributed by atoms with E-state index in [4.69, 9.17) is 5.26 Å². The van der Waals surface area contributed by atoms with Crippen LogP contribution in [0.25, 0.3) is 11.3 Å². The van der Waals surface area contributed by atoms with Gasteiger partial charge in [-0.3, -0.25) is 0 Å². The number of aromatic nitrogens is 2. The summed E-state index contributed by atoms with van der Waals surface area (Å²) in [5.41, 5.74) is -0.0464. The largest absolute Gasteiger partial charge is 0.316 e. The lowest BCUT2D eigenvalue weighted by molar-refractivity contribution is 0.585. The van der Waals surface area contributed by atoms with Gasteiger partial charge in [0.25, 0.3) is 10.0 Å². The number of halogens is 2. The van der Waals surface area contributed by atoms with E-state index in [0.717, 1.165) is 3.97 Å². The molecule has 0 spiro atoms. The van der Waals surface area contributed by atoms with Crippen molar-refractivity contribution in [3.63, 3.8) is 0 Å². The summed E-state index contributed by atoms with van der Waals surface area (Å²) >= 11 is 0. The number of nitriles is 2. The minimum Gasteiger partial charge on any atom is -0.316 e. The van der Waals surface area contributed by atoms with E-state index in [2.05, 4.69) is 10.3 Å². The van der Waals surface area contributed by atoms with Gasteiger partial charge in [0.05, 0.1) is 16.5 Å². The van der Waals surface area contributed by atoms with Crippen molar-refractivity contribution in [1.29, 1.82) is 10.5 Å². The molecule has 0 aliphatic carbocycles. The lowest BCUT2D eigenvalue weighted by atomic mass is 10.1. The molecule has 1 N–H and O–H groups in total. The molecule has 0 fully saturated rings. The Hall–Kier alpha value is -3.24. The maximum absolute atomic E-state index is 15.2. The van der Waals surface area contributed by atoms with Crippen LogP contribution >= 0.6 is 12.4 Å². The fraction of sp³-hybridized carbons (Fsp3) is 0.105. The average molecular weight is 432 g/mol. The number of nitrogens with one attached hydrogen (secondary N) is 1. The van der Waals surface area contributed by atoms with Crippen molar-refractivity contribution in [2.45, 2.75) is 11.4 Å². The summed E-state index contributed by atoms with van der Waals surface area (Å²) in [5.74, 6) is -0.765. The Bertz CT molecular complexity index is 1240. The molecule has 1 aromatic carbocycles. The Kier molecular flexibility index (Phi) is 6.72. The Morgan fingerprint density at radius 1 is 1.21 bits per heavy atom. The second-order valence-corrected chi connectivity index (χ2v) is 7.61. The normalized spacial score (nSPS) is 10.6. The quantitative estimate of drug-likeness (QED) is 0.664. The highest BCUT2D eigenvalue weighted by molar-refractivity contribution is 7.90. The van der Waals surface area contributed by atoms with Crippen LogP contribution in [0.1, 0.15) is 16.8 Å². The van der Waals surface area contributed by atoms with E-state index in [1.807, 2.05) is 12.1 Å². The number of hydrogen-bond acceptors (Lipinski definition) is 6. The number of benzene rings is 1. The van der Waals surface area contributed by atoms with Crippen LogP contribution in [0, 0.1) is 28.5 Å². The van der Waals surface area contributed by atoms with Crippen molar-refractivity contribution in [2.24, 2.45) is 0 Å². The van der Waals surface area contributed by atoms with Crippen molar-refractivity contribution in [1.82, 2.24) is 14.3 Å². The number of nitrogens with zero attached hydrogens (tertiary/aromatic N) is 4. The van der Waals surface area contributed by atoms with Gasteiger partial charge in [0.15, 0.2) is 5.82 Å². The molecule has 29 heavy (non-hydrogen) atoms. The summed E-state index contributed by atoms with van der Waals surface area (Å²) in [6, 6.07) is 12.1. The molecule has 0 unspecified atom stereocenters. The van der Waals surface area contributed by atoms with E-state index in [1.165, 1.54) is 48.8 Å². The van der Waals surface area contributed by atoms with Crippen LogP contribution in [0.5, 0.6) is 0 Å². The van der Waals surface area contributed by atoms with Crippen LogP contribution in [0.4, 0.5) is 4.39 Å². The molecule has 0 atom stereocenters. The SMILES string of the molecule is CNCc1cn(S(=O)(=O)c2cccc(C#N)c2)c(-c2cccnc2C#N)c1F.Cl. The molecule has 0 saturated heterocycles. The van der Waals surface area contributed by atoms with Crippen molar-refractivity contribution in [3.8, 4) is 23.4 Å². The lowest BCUT2D eigenvalue weighted by Crippen LogP contribution is -2.14. The van der Waals surface area contributed by atoms with Gasteiger partial charge in [0.1, 0.15) is 17.5 Å². The lowest BCUT2D eigenvalue weighted by Gasteiger charge is -2.11. The molecule has 0 bridgehead atoms. The zero-order valence-corrected chi connectivity index (χ0v) is 16.8. The topological polar surface area (TPSA) is 112 Å². The molecule has 0 saturated carbocycles. The molecule has 7 nitrogen and oxygen atoms in total. The Balaban J connectivity index is 0.00000300. The Labute approximate surface area is 173 Å². The first-order valence-electron chi connectivity index (χ1n) is 8.09. The minimum atomic E-state index is -4.23. The van der Waals surface area contributed by atoms with Gasteiger partial charge >= 0.3 is 0 Å². The van der Waals surface area contributed by atoms with Crippen LogP contribution in [0.3, 0.4) is 0 Å². The summed E-state index contributed by atoms with van der Waals surface area (Å²) in [6.45, 7) is 0.0851. The van der Waals surface area contributed by atoms with Crippen LogP contribution in [0.15, 0.2) is 53.7 Å². The van der Waals surface area contributed by atoms with Gasteiger partial charge in [-0.2, -0.15) is 10.5 Å². The zero-order valence-electron chi connectivity index (χ0n) is 15.1. The number of rotatable bonds is 5. The van der Waals surface area contributed by atoms with Crippen molar-refractivity contribution in [2.75, 3.05) is 7.05 Å². The van der Waals surface area contributed by atoms with Crippen molar-refractivity contribution >= 4 is 22.4 Å². The fourth-order valence-electron chi connectivity index (χ4n) is 2.78. The minimum absolute atomic E-state index is 0. The molecule has 10 heteroatoms. The van der Waals surface area contributed by atoms with Gasteiger partial charge in [0.2, 0.25) is 0 Å². The van der Waals surface area contributed by atoms with E-state index >= 15 is 4.39 Å². The van der Waals surface area contributed by atoms with E-state index in [0.29, 0.717) is 0 Å². The number of hydrogen-bond donors (Lipinski definition) is 1. The monoisotopic (exact) mass is 431 g/mol. The maximum atomic E-state index is 15.2. The highest BCUT2D eigenvalue weighted by Crippen LogP contribution is 2.32. The fourth-order valence-corrected chi connectivity index (χ4v) is 4.22. The Morgan fingerprint density at radius 2 is 1.97 bits per heavy atom. The zero-order chi connectivity index (χ0) is 20.3. The highest BCUT2D eigenvalue weighted by Gasteiger charge is 2.28. The van der Waals surface area contributed by atoms with E-state index < -0.39 is 15.8 Å². The second-order valence-electron chi connectivity index (χ2n) is 5.80. The maximum Gasteiger partial charge on any atom is 0.268 e. The molecule has 0 radical (unpaired) electrons. The standard InChI is InChI=1S/C19H14FN5O2S.ClH/c1-23-11-14-12-25(28(26,27)15-5-2-4-13(8-15)9-21)19(18(14)20)16-6-3-7-24-17(16)10-22;/h2-8,12,23H,11H2,1H3;1H. The van der Waals surface area contributed by atoms with E-state index in [1.54, 1.807) is 7.05 Å². The summed E-state index contributed by atoms with van der Waals surface area (Å²) in [5, 5.41) is 21.2. The van der Waals surface area contributed by atoms with Gasteiger partial charge in [-0.15, -0.1) is 12.4 Å². The van der Waals surface area contributed by atoms with Gasteiger partial charge < -0.3 is 5.32 Å². The van der Waals surface area contributed by atoms with Crippen LogP contribution in [0.2, 0.25) is 0 Å². The molecule has 0 aliphatic heterocycles. The molecular weight excluding hydrogens is 417 g/mol. The van der Waals surface area contributed by atoms with E-state index in [-0.39, 0.29) is 51.9 Å². The molecule has 148 valence electrons. The smallest absolute Gasteiger partial charge is 0.268 e. The first-order chi connectivity index (χ1) is 13.4. The third kappa shape index (κ3) is 3.98.